The molecule has 0 spiro atoms. The highest BCUT2D eigenvalue weighted by Gasteiger charge is 2.15. The Kier molecular flexibility index (Phi) is 4.44. The predicted molar refractivity (Wildman–Crippen MR) is 63.4 cm³/mol. The zero-order valence-corrected chi connectivity index (χ0v) is 10.4. The van der Waals surface area contributed by atoms with Crippen LogP contribution in [-0.4, -0.2) is 5.60 Å². The SMILES string of the molecule is CCC(NOC(C)(C)C)c1cccc(F)c1. The highest BCUT2D eigenvalue weighted by molar-refractivity contribution is 5.19. The molecule has 0 aliphatic carbocycles. The first-order valence-electron chi connectivity index (χ1n) is 5.61. The molecular weight excluding hydrogens is 205 g/mol. The minimum atomic E-state index is -0.249. The van der Waals surface area contributed by atoms with E-state index in [1.54, 1.807) is 6.07 Å². The van der Waals surface area contributed by atoms with Crippen molar-refractivity contribution in [3.63, 3.8) is 0 Å². The highest BCUT2D eigenvalue weighted by atomic mass is 19.1. The number of benzene rings is 1. The molecule has 0 saturated heterocycles. The first-order chi connectivity index (χ1) is 7.42. The van der Waals surface area contributed by atoms with Crippen LogP contribution in [0.4, 0.5) is 4.39 Å². The van der Waals surface area contributed by atoms with E-state index < -0.39 is 0 Å². The van der Waals surface area contributed by atoms with Gasteiger partial charge in [0.25, 0.3) is 0 Å². The third-order valence-electron chi connectivity index (χ3n) is 2.17. The smallest absolute Gasteiger partial charge is 0.123 e. The molecule has 90 valence electrons. The molecule has 0 bridgehead atoms. The second kappa shape index (κ2) is 5.41. The van der Waals surface area contributed by atoms with Gasteiger partial charge in [0.2, 0.25) is 0 Å². The molecule has 3 heteroatoms. The van der Waals surface area contributed by atoms with Crippen LogP contribution in [0, 0.1) is 5.82 Å². The van der Waals surface area contributed by atoms with E-state index in [-0.39, 0.29) is 17.5 Å². The van der Waals surface area contributed by atoms with Gasteiger partial charge < -0.3 is 0 Å². The van der Waals surface area contributed by atoms with E-state index in [1.807, 2.05) is 33.8 Å². The molecule has 0 aliphatic rings. The summed E-state index contributed by atoms with van der Waals surface area (Å²) in [6.07, 6.45) is 0.847. The van der Waals surface area contributed by atoms with E-state index in [9.17, 15) is 4.39 Å². The summed E-state index contributed by atoms with van der Waals surface area (Å²) in [4.78, 5) is 5.50. The lowest BCUT2D eigenvalue weighted by molar-refractivity contribution is -0.0896. The standard InChI is InChI=1S/C13H20FNO/c1-5-12(15-16-13(2,3)4)10-7-6-8-11(14)9-10/h6-9,12,15H,5H2,1-4H3. The molecule has 0 radical (unpaired) electrons. The van der Waals surface area contributed by atoms with Crippen molar-refractivity contribution in [3.8, 4) is 0 Å². The first-order valence-corrected chi connectivity index (χ1v) is 5.61. The molecule has 1 rings (SSSR count). The van der Waals surface area contributed by atoms with E-state index in [0.29, 0.717) is 0 Å². The number of rotatable bonds is 4. The summed E-state index contributed by atoms with van der Waals surface area (Å²) in [6, 6.07) is 6.62. The Morgan fingerprint density at radius 1 is 1.38 bits per heavy atom. The van der Waals surface area contributed by atoms with Gasteiger partial charge in [0.1, 0.15) is 5.82 Å². The largest absolute Gasteiger partial charge is 0.296 e. The maximum atomic E-state index is 13.1. The molecule has 0 fully saturated rings. The maximum Gasteiger partial charge on any atom is 0.123 e. The van der Waals surface area contributed by atoms with Crippen LogP contribution in [-0.2, 0) is 4.84 Å². The molecule has 1 aromatic carbocycles. The van der Waals surface area contributed by atoms with E-state index >= 15 is 0 Å². The van der Waals surface area contributed by atoms with Gasteiger partial charge in [-0.3, -0.25) is 4.84 Å². The van der Waals surface area contributed by atoms with Crippen LogP contribution in [0.2, 0.25) is 0 Å². The van der Waals surface area contributed by atoms with Crippen molar-refractivity contribution in [3.05, 3.63) is 35.6 Å². The fourth-order valence-corrected chi connectivity index (χ4v) is 1.36. The van der Waals surface area contributed by atoms with E-state index in [2.05, 4.69) is 5.48 Å². The Hall–Kier alpha value is -0.930. The van der Waals surface area contributed by atoms with Crippen LogP contribution in [0.5, 0.6) is 0 Å². The van der Waals surface area contributed by atoms with E-state index in [1.165, 1.54) is 12.1 Å². The summed E-state index contributed by atoms with van der Waals surface area (Å²) in [7, 11) is 0. The molecule has 1 aromatic rings. The number of hydrogen-bond donors (Lipinski definition) is 1. The van der Waals surface area contributed by atoms with Gasteiger partial charge in [-0.1, -0.05) is 19.1 Å². The van der Waals surface area contributed by atoms with Crippen LogP contribution < -0.4 is 5.48 Å². The monoisotopic (exact) mass is 225 g/mol. The summed E-state index contributed by atoms with van der Waals surface area (Å²) in [5.74, 6) is -0.214. The molecule has 1 atom stereocenters. The zero-order chi connectivity index (χ0) is 12.2. The van der Waals surface area contributed by atoms with Gasteiger partial charge in [-0.15, -0.1) is 0 Å². The van der Waals surface area contributed by atoms with Crippen LogP contribution in [0.25, 0.3) is 0 Å². The summed E-state index contributed by atoms with van der Waals surface area (Å²) in [6.45, 7) is 7.95. The molecule has 2 nitrogen and oxygen atoms in total. The second-order valence-corrected chi connectivity index (χ2v) is 4.85. The van der Waals surface area contributed by atoms with Crippen molar-refractivity contribution in [2.24, 2.45) is 0 Å². The topological polar surface area (TPSA) is 21.3 Å². The van der Waals surface area contributed by atoms with Gasteiger partial charge in [-0.25, -0.2) is 4.39 Å². The minimum absolute atomic E-state index is 0.0231. The van der Waals surface area contributed by atoms with Gasteiger partial charge >= 0.3 is 0 Å². The normalized spacial score (nSPS) is 13.8. The average Bonchev–Trinajstić information content (AvgIpc) is 2.17. The van der Waals surface area contributed by atoms with Crippen LogP contribution >= 0.6 is 0 Å². The molecular formula is C13H20FNO. The van der Waals surface area contributed by atoms with Crippen molar-refractivity contribution >= 4 is 0 Å². The lowest BCUT2D eigenvalue weighted by Gasteiger charge is -2.24. The van der Waals surface area contributed by atoms with Gasteiger partial charge in [-0.2, -0.15) is 5.48 Å². The Balaban J connectivity index is 2.68. The lowest BCUT2D eigenvalue weighted by Crippen LogP contribution is -2.31. The Labute approximate surface area is 96.8 Å². The van der Waals surface area contributed by atoms with Gasteiger partial charge in [0.15, 0.2) is 0 Å². The molecule has 16 heavy (non-hydrogen) atoms. The quantitative estimate of drug-likeness (QED) is 0.790. The van der Waals surface area contributed by atoms with Gasteiger partial charge in [0, 0.05) is 0 Å². The molecule has 0 aliphatic heterocycles. The van der Waals surface area contributed by atoms with E-state index in [0.717, 1.165) is 12.0 Å². The summed E-state index contributed by atoms with van der Waals surface area (Å²) < 4.78 is 13.1. The predicted octanol–water partition coefficient (Wildman–Crippen LogP) is 3.60. The molecule has 0 amide bonds. The molecule has 0 aromatic heterocycles. The van der Waals surface area contributed by atoms with Crippen LogP contribution in [0.15, 0.2) is 24.3 Å². The minimum Gasteiger partial charge on any atom is -0.296 e. The Bertz CT molecular complexity index is 333. The third kappa shape index (κ3) is 4.29. The molecule has 1 N–H and O–H groups in total. The third-order valence-corrected chi connectivity index (χ3v) is 2.17. The lowest BCUT2D eigenvalue weighted by atomic mass is 10.1. The molecule has 0 saturated carbocycles. The number of nitrogens with one attached hydrogen (secondary N) is 1. The van der Waals surface area contributed by atoms with Gasteiger partial charge in [-0.05, 0) is 44.9 Å². The van der Waals surface area contributed by atoms with Crippen molar-refractivity contribution in [1.29, 1.82) is 0 Å². The number of halogens is 1. The fourth-order valence-electron chi connectivity index (χ4n) is 1.36. The fraction of sp³-hybridized carbons (Fsp3) is 0.538. The van der Waals surface area contributed by atoms with Crippen molar-refractivity contribution in [1.82, 2.24) is 5.48 Å². The van der Waals surface area contributed by atoms with Gasteiger partial charge in [0.05, 0.1) is 11.6 Å². The van der Waals surface area contributed by atoms with E-state index in [4.69, 9.17) is 4.84 Å². The number of hydroxylamine groups is 1. The highest BCUT2D eigenvalue weighted by Crippen LogP contribution is 2.19. The van der Waals surface area contributed by atoms with Crippen molar-refractivity contribution in [2.45, 2.75) is 45.8 Å². The zero-order valence-electron chi connectivity index (χ0n) is 10.4. The summed E-state index contributed by atoms with van der Waals surface area (Å²) in [5.41, 5.74) is 3.65. The van der Waals surface area contributed by atoms with Crippen LogP contribution in [0.1, 0.15) is 45.7 Å². The number of hydrogen-bond acceptors (Lipinski definition) is 2. The average molecular weight is 225 g/mol. The van der Waals surface area contributed by atoms with Crippen LogP contribution in [0.3, 0.4) is 0 Å². The first kappa shape index (κ1) is 13.1. The Morgan fingerprint density at radius 3 is 2.56 bits per heavy atom. The second-order valence-electron chi connectivity index (χ2n) is 4.85. The Morgan fingerprint density at radius 2 is 2.06 bits per heavy atom. The maximum absolute atomic E-state index is 13.1. The summed E-state index contributed by atoms with van der Waals surface area (Å²) >= 11 is 0. The van der Waals surface area contributed by atoms with Crippen molar-refractivity contribution < 1.29 is 9.23 Å². The van der Waals surface area contributed by atoms with Crippen molar-refractivity contribution in [2.75, 3.05) is 0 Å². The summed E-state index contributed by atoms with van der Waals surface area (Å²) in [5, 5.41) is 0. The molecule has 1 unspecified atom stereocenters. The molecule has 0 heterocycles.